The second kappa shape index (κ2) is 7.43. The van der Waals surface area contributed by atoms with Crippen LogP contribution >= 0.6 is 0 Å². The van der Waals surface area contributed by atoms with E-state index in [4.69, 9.17) is 4.74 Å². The topological polar surface area (TPSA) is 44.7 Å². The first kappa shape index (κ1) is 19.9. The van der Waals surface area contributed by atoms with E-state index in [0.29, 0.717) is 0 Å². The van der Waals surface area contributed by atoms with E-state index < -0.39 is 17.6 Å². The van der Waals surface area contributed by atoms with Gasteiger partial charge in [0.2, 0.25) is 5.92 Å². The normalized spacial score (nSPS) is 23.0. The molecule has 1 atom stereocenters. The van der Waals surface area contributed by atoms with Crippen LogP contribution in [0.1, 0.15) is 36.8 Å². The summed E-state index contributed by atoms with van der Waals surface area (Å²) >= 11 is 0. The maximum absolute atomic E-state index is 13.7. The standard InChI is InChI=1S/C23H26F2N2O2/c1-16-3-5-17(6-4-16)20-15-21(22(28)11-13-23(24,25)14-12-22)26-27(20)18-7-9-19(29-2)10-8-18/h3-10,15,21,26,28H,11-14H2,1-2H3. The molecule has 0 saturated heterocycles. The van der Waals surface area contributed by atoms with Crippen molar-refractivity contribution < 1.29 is 18.6 Å². The third-order valence-electron chi connectivity index (χ3n) is 5.94. The number of aryl methyl sites for hydroxylation is 1. The van der Waals surface area contributed by atoms with Crippen molar-refractivity contribution in [3.63, 3.8) is 0 Å². The van der Waals surface area contributed by atoms with Crippen molar-refractivity contribution in [1.29, 1.82) is 0 Å². The highest BCUT2D eigenvalue weighted by Gasteiger charge is 2.48. The number of rotatable bonds is 4. The minimum absolute atomic E-state index is 0.0613. The van der Waals surface area contributed by atoms with Crippen LogP contribution in [0.4, 0.5) is 14.5 Å². The fourth-order valence-corrected chi connectivity index (χ4v) is 4.01. The van der Waals surface area contributed by atoms with Gasteiger partial charge in [-0.2, -0.15) is 0 Å². The molecule has 1 aliphatic heterocycles. The van der Waals surface area contributed by atoms with Crippen LogP contribution in [-0.4, -0.2) is 29.8 Å². The number of hydrogen-bond acceptors (Lipinski definition) is 4. The molecule has 29 heavy (non-hydrogen) atoms. The molecule has 4 rings (SSSR count). The lowest BCUT2D eigenvalue weighted by Crippen LogP contribution is -2.54. The second-order valence-electron chi connectivity index (χ2n) is 8.02. The van der Waals surface area contributed by atoms with E-state index in [9.17, 15) is 13.9 Å². The van der Waals surface area contributed by atoms with Crippen LogP contribution in [0.25, 0.3) is 5.70 Å². The first-order chi connectivity index (χ1) is 13.8. The Bertz CT molecular complexity index is 884. The average Bonchev–Trinajstić information content (AvgIpc) is 3.17. The SMILES string of the molecule is COc1ccc(N2NC(C3(O)CCC(F)(F)CC3)C=C2c2ccc(C)cc2)cc1. The van der Waals surface area contributed by atoms with Crippen molar-refractivity contribution in [3.8, 4) is 5.75 Å². The molecule has 2 aliphatic rings. The number of alkyl halides is 2. The number of methoxy groups -OCH3 is 1. The van der Waals surface area contributed by atoms with Crippen LogP contribution < -0.4 is 15.2 Å². The van der Waals surface area contributed by atoms with Gasteiger partial charge < -0.3 is 9.84 Å². The van der Waals surface area contributed by atoms with Crippen LogP contribution in [0.3, 0.4) is 0 Å². The Balaban J connectivity index is 1.67. The lowest BCUT2D eigenvalue weighted by molar-refractivity contribution is -0.110. The van der Waals surface area contributed by atoms with Crippen molar-refractivity contribution >= 4 is 11.4 Å². The van der Waals surface area contributed by atoms with Crippen molar-refractivity contribution in [2.75, 3.05) is 12.1 Å². The van der Waals surface area contributed by atoms with Gasteiger partial charge >= 0.3 is 0 Å². The van der Waals surface area contributed by atoms with E-state index in [0.717, 1.165) is 28.3 Å². The molecular weight excluding hydrogens is 374 g/mol. The summed E-state index contributed by atoms with van der Waals surface area (Å²) in [5.74, 6) is -1.94. The van der Waals surface area contributed by atoms with E-state index >= 15 is 0 Å². The monoisotopic (exact) mass is 400 g/mol. The third-order valence-corrected chi connectivity index (χ3v) is 5.94. The number of hydrogen-bond donors (Lipinski definition) is 2. The Morgan fingerprint density at radius 1 is 1.00 bits per heavy atom. The van der Waals surface area contributed by atoms with Crippen LogP contribution in [0, 0.1) is 6.92 Å². The molecular formula is C23H26F2N2O2. The summed E-state index contributed by atoms with van der Waals surface area (Å²) < 4.78 is 32.6. The summed E-state index contributed by atoms with van der Waals surface area (Å²) in [7, 11) is 1.62. The predicted octanol–water partition coefficient (Wildman–Crippen LogP) is 4.68. The molecule has 2 aromatic rings. The summed E-state index contributed by atoms with van der Waals surface area (Å²) in [6.07, 6.45) is 1.49. The van der Waals surface area contributed by atoms with Gasteiger partial charge in [0.25, 0.3) is 0 Å². The number of aliphatic hydroxyl groups is 1. The van der Waals surface area contributed by atoms with Gasteiger partial charge in [0.1, 0.15) is 5.75 Å². The van der Waals surface area contributed by atoms with Crippen LogP contribution in [0.5, 0.6) is 5.75 Å². The van der Waals surface area contributed by atoms with E-state index in [-0.39, 0.29) is 25.7 Å². The molecule has 2 aromatic carbocycles. The molecule has 0 aromatic heterocycles. The number of anilines is 1. The zero-order valence-corrected chi connectivity index (χ0v) is 16.7. The Kier molecular flexibility index (Phi) is 5.09. The van der Waals surface area contributed by atoms with Gasteiger partial charge in [-0.1, -0.05) is 29.8 Å². The minimum Gasteiger partial charge on any atom is -0.497 e. The number of nitrogens with zero attached hydrogens (tertiary/aromatic N) is 1. The van der Waals surface area contributed by atoms with Crippen molar-refractivity contribution in [2.24, 2.45) is 0 Å². The molecule has 154 valence electrons. The van der Waals surface area contributed by atoms with E-state index in [1.54, 1.807) is 7.11 Å². The Morgan fingerprint density at radius 3 is 2.21 bits per heavy atom. The van der Waals surface area contributed by atoms with E-state index in [2.05, 4.69) is 5.43 Å². The zero-order chi connectivity index (χ0) is 20.6. The fraction of sp³-hybridized carbons (Fsp3) is 0.391. The quantitative estimate of drug-likeness (QED) is 0.782. The Hall–Kier alpha value is -2.44. The Morgan fingerprint density at radius 2 is 1.62 bits per heavy atom. The average molecular weight is 400 g/mol. The first-order valence-electron chi connectivity index (χ1n) is 9.89. The highest BCUT2D eigenvalue weighted by Crippen LogP contribution is 2.43. The van der Waals surface area contributed by atoms with Gasteiger partial charge in [-0.25, -0.2) is 14.2 Å². The summed E-state index contributed by atoms with van der Waals surface area (Å²) in [5, 5.41) is 13.1. The largest absolute Gasteiger partial charge is 0.497 e. The van der Waals surface area contributed by atoms with Crippen molar-refractivity contribution in [2.45, 2.75) is 50.2 Å². The zero-order valence-electron chi connectivity index (χ0n) is 16.7. The summed E-state index contributed by atoms with van der Waals surface area (Å²) in [6, 6.07) is 15.3. The summed E-state index contributed by atoms with van der Waals surface area (Å²) in [6.45, 7) is 2.03. The molecule has 0 amide bonds. The summed E-state index contributed by atoms with van der Waals surface area (Å²) in [5.41, 5.74) is 6.06. The molecule has 0 radical (unpaired) electrons. The van der Waals surface area contributed by atoms with Gasteiger partial charge in [0, 0.05) is 12.8 Å². The number of halogens is 2. The molecule has 1 aliphatic carbocycles. The fourth-order valence-electron chi connectivity index (χ4n) is 4.01. The number of ether oxygens (including phenoxy) is 1. The van der Waals surface area contributed by atoms with Gasteiger partial charge in [-0.3, -0.25) is 5.01 Å². The lowest BCUT2D eigenvalue weighted by Gasteiger charge is -2.40. The molecule has 6 heteroatoms. The first-order valence-corrected chi connectivity index (χ1v) is 9.89. The van der Waals surface area contributed by atoms with Gasteiger partial charge in [0.05, 0.1) is 30.1 Å². The third kappa shape index (κ3) is 4.00. The summed E-state index contributed by atoms with van der Waals surface area (Å²) in [4.78, 5) is 0. The number of benzene rings is 2. The van der Waals surface area contributed by atoms with E-state index in [1.165, 1.54) is 0 Å². The minimum atomic E-state index is -2.69. The van der Waals surface area contributed by atoms with Gasteiger partial charge in [0.15, 0.2) is 0 Å². The molecule has 0 bridgehead atoms. The number of nitrogens with one attached hydrogen (secondary N) is 1. The Labute approximate surface area is 169 Å². The van der Waals surface area contributed by atoms with Crippen LogP contribution in [-0.2, 0) is 0 Å². The molecule has 2 N–H and O–H groups in total. The molecule has 4 nitrogen and oxygen atoms in total. The lowest BCUT2D eigenvalue weighted by atomic mass is 9.78. The maximum Gasteiger partial charge on any atom is 0.248 e. The van der Waals surface area contributed by atoms with E-state index in [1.807, 2.05) is 66.5 Å². The van der Waals surface area contributed by atoms with Crippen molar-refractivity contribution in [1.82, 2.24) is 5.43 Å². The molecule has 1 heterocycles. The van der Waals surface area contributed by atoms with Crippen LogP contribution in [0.2, 0.25) is 0 Å². The molecule has 1 fully saturated rings. The number of hydrazine groups is 1. The second-order valence-corrected chi connectivity index (χ2v) is 8.02. The predicted molar refractivity (Wildman–Crippen MR) is 110 cm³/mol. The van der Waals surface area contributed by atoms with Gasteiger partial charge in [-0.05, 0) is 55.7 Å². The molecule has 1 unspecified atom stereocenters. The van der Waals surface area contributed by atoms with Crippen molar-refractivity contribution in [3.05, 3.63) is 65.7 Å². The smallest absolute Gasteiger partial charge is 0.248 e. The highest BCUT2D eigenvalue weighted by atomic mass is 19.3. The molecule has 1 saturated carbocycles. The highest BCUT2D eigenvalue weighted by molar-refractivity contribution is 5.81. The maximum atomic E-state index is 13.7. The van der Waals surface area contributed by atoms with Crippen LogP contribution in [0.15, 0.2) is 54.6 Å². The molecule has 0 spiro atoms. The van der Waals surface area contributed by atoms with Gasteiger partial charge in [-0.15, -0.1) is 0 Å².